The first-order valence-electron chi connectivity index (χ1n) is 11.9. The number of nitrogen functional groups attached to an aromatic ring is 1. The number of hydrogen-bond acceptors (Lipinski definition) is 9. The quantitative estimate of drug-likeness (QED) is 0.245. The van der Waals surface area contributed by atoms with Crippen LogP contribution in [0.1, 0.15) is 39.9 Å². The summed E-state index contributed by atoms with van der Waals surface area (Å²) in [5.41, 5.74) is 22.0. The Morgan fingerprint density at radius 3 is 2.42 bits per heavy atom. The lowest BCUT2D eigenvalue weighted by atomic mass is 10.0. The number of rotatable bonds is 6. The summed E-state index contributed by atoms with van der Waals surface area (Å²) in [5.74, 6) is -3.16. The van der Waals surface area contributed by atoms with Crippen LogP contribution in [0, 0.1) is 0 Å². The van der Waals surface area contributed by atoms with Gasteiger partial charge in [-0.2, -0.15) is 0 Å². The second kappa shape index (κ2) is 9.51. The number of nitrogens with two attached hydrogens (primary N) is 3. The Hall–Kier alpha value is -3.51. The number of amides is 3. The lowest BCUT2D eigenvalue weighted by Gasteiger charge is -2.38. The minimum atomic E-state index is -1.85. The van der Waals surface area contributed by atoms with Crippen molar-refractivity contribution < 1.29 is 23.9 Å². The number of anilines is 1. The molecule has 1 atom stereocenters. The molecule has 0 spiro atoms. The third-order valence-corrected chi connectivity index (χ3v) is 6.87. The van der Waals surface area contributed by atoms with E-state index in [4.69, 9.17) is 26.7 Å². The van der Waals surface area contributed by atoms with E-state index in [1.165, 1.54) is 11.6 Å². The number of carbonyl (C=O) groups is 3. The van der Waals surface area contributed by atoms with Crippen molar-refractivity contribution in [3.8, 4) is 5.75 Å². The molecule has 5 rings (SSSR count). The minimum Gasteiger partial charge on any atom is -0.486 e. The van der Waals surface area contributed by atoms with Gasteiger partial charge in [-0.1, -0.05) is 24.3 Å². The van der Waals surface area contributed by atoms with E-state index in [0.717, 1.165) is 43.3 Å². The molecule has 3 heterocycles. The molecule has 11 nitrogen and oxygen atoms in total. The molecule has 11 heteroatoms. The predicted octanol–water partition coefficient (Wildman–Crippen LogP) is -0.0313. The standard InChI is InChI=1S/C25H30N6O5/c26-18-6-5-17-21(25(27,28)31(24(17)34)19-7-8-20(32)29-23(19)33)22(18)36-14-16-3-1-15(2-4-16)13-30-9-11-35-12-10-30/h1-6,19H,7-14,26-28H2,(H,29,32,33). The molecule has 0 radical (unpaired) electrons. The van der Waals surface area contributed by atoms with Crippen molar-refractivity contribution in [2.24, 2.45) is 11.5 Å². The zero-order valence-corrected chi connectivity index (χ0v) is 19.9. The number of piperidine rings is 1. The fraction of sp³-hybridized carbons (Fsp3) is 0.400. The van der Waals surface area contributed by atoms with Gasteiger partial charge in [0.25, 0.3) is 5.91 Å². The van der Waals surface area contributed by atoms with E-state index in [-0.39, 0.29) is 42.0 Å². The second-order valence-corrected chi connectivity index (χ2v) is 9.37. The van der Waals surface area contributed by atoms with E-state index in [0.29, 0.717) is 0 Å². The fourth-order valence-corrected chi connectivity index (χ4v) is 4.99. The van der Waals surface area contributed by atoms with Gasteiger partial charge in [-0.25, -0.2) is 0 Å². The molecule has 3 amide bonds. The summed E-state index contributed by atoms with van der Waals surface area (Å²) in [5, 5.41) is 2.25. The van der Waals surface area contributed by atoms with Gasteiger partial charge >= 0.3 is 0 Å². The van der Waals surface area contributed by atoms with E-state index in [9.17, 15) is 14.4 Å². The molecule has 2 fully saturated rings. The number of morpholine rings is 1. The molecule has 7 N–H and O–H groups in total. The highest BCUT2D eigenvalue weighted by atomic mass is 16.5. The molecular weight excluding hydrogens is 464 g/mol. The Morgan fingerprint density at radius 1 is 1.03 bits per heavy atom. The Kier molecular flexibility index (Phi) is 6.39. The van der Waals surface area contributed by atoms with Crippen LogP contribution in [0.2, 0.25) is 0 Å². The van der Waals surface area contributed by atoms with Crippen LogP contribution in [0.15, 0.2) is 36.4 Å². The van der Waals surface area contributed by atoms with E-state index in [2.05, 4.69) is 22.3 Å². The Balaban J connectivity index is 1.34. The van der Waals surface area contributed by atoms with Crippen LogP contribution in [0.4, 0.5) is 5.69 Å². The number of nitrogens with zero attached hydrogens (tertiary/aromatic N) is 2. The summed E-state index contributed by atoms with van der Waals surface area (Å²) in [6.45, 7) is 4.37. The first-order chi connectivity index (χ1) is 17.3. The molecule has 0 bridgehead atoms. The van der Waals surface area contributed by atoms with Gasteiger partial charge in [0.15, 0.2) is 11.5 Å². The average Bonchev–Trinajstić information content (AvgIpc) is 3.05. The first kappa shape index (κ1) is 24.2. The zero-order valence-electron chi connectivity index (χ0n) is 19.9. The van der Waals surface area contributed by atoms with Gasteiger partial charge in [0.1, 0.15) is 12.6 Å². The highest BCUT2D eigenvalue weighted by molar-refractivity contribution is 6.07. The Labute approximate surface area is 208 Å². The summed E-state index contributed by atoms with van der Waals surface area (Å²) >= 11 is 0. The van der Waals surface area contributed by atoms with Crippen LogP contribution >= 0.6 is 0 Å². The molecule has 2 aromatic carbocycles. The maximum Gasteiger partial charge on any atom is 0.257 e. The highest BCUT2D eigenvalue weighted by Gasteiger charge is 2.52. The lowest BCUT2D eigenvalue weighted by molar-refractivity contribution is -0.138. The maximum absolute atomic E-state index is 13.3. The van der Waals surface area contributed by atoms with Crippen LogP contribution in [0.3, 0.4) is 0 Å². The van der Waals surface area contributed by atoms with Crippen LogP contribution in [0.5, 0.6) is 5.75 Å². The van der Waals surface area contributed by atoms with E-state index in [1.807, 2.05) is 12.1 Å². The van der Waals surface area contributed by atoms with Gasteiger partial charge in [-0.15, -0.1) is 0 Å². The zero-order chi connectivity index (χ0) is 25.4. The number of carbonyl (C=O) groups excluding carboxylic acids is 3. The smallest absolute Gasteiger partial charge is 0.257 e. The summed E-state index contributed by atoms with van der Waals surface area (Å²) in [6.07, 6.45) is 0.211. The highest BCUT2D eigenvalue weighted by Crippen LogP contribution is 2.43. The number of hydrogen-bond donors (Lipinski definition) is 4. The van der Waals surface area contributed by atoms with Gasteiger partial charge in [-0.05, 0) is 29.7 Å². The topological polar surface area (TPSA) is 166 Å². The monoisotopic (exact) mass is 494 g/mol. The number of nitrogens with one attached hydrogen (secondary N) is 1. The van der Waals surface area contributed by atoms with Crippen LogP contribution in [-0.2, 0) is 33.3 Å². The SMILES string of the molecule is Nc1ccc2c(c1OCc1ccc(CN3CCOCC3)cc1)C(N)(N)N(C1CCC(=O)NC1=O)C2=O. The third kappa shape index (κ3) is 4.42. The summed E-state index contributed by atoms with van der Waals surface area (Å²) in [6, 6.07) is 10.2. The van der Waals surface area contributed by atoms with Gasteiger partial charge in [0, 0.05) is 26.1 Å². The van der Waals surface area contributed by atoms with Crippen molar-refractivity contribution >= 4 is 23.4 Å². The number of fused-ring (bicyclic) bond motifs is 1. The first-order valence-corrected chi connectivity index (χ1v) is 11.9. The summed E-state index contributed by atoms with van der Waals surface area (Å²) in [4.78, 5) is 40.8. The molecule has 2 aromatic rings. The second-order valence-electron chi connectivity index (χ2n) is 9.37. The number of imide groups is 1. The van der Waals surface area contributed by atoms with Crippen molar-refractivity contribution in [3.05, 3.63) is 58.7 Å². The molecule has 190 valence electrons. The minimum absolute atomic E-state index is 0.0830. The normalized spacial score (nSPS) is 21.9. The molecular formula is C25H30N6O5. The third-order valence-electron chi connectivity index (χ3n) is 6.87. The molecule has 0 aliphatic carbocycles. The van der Waals surface area contributed by atoms with Gasteiger partial charge in [0.2, 0.25) is 11.8 Å². The van der Waals surface area contributed by atoms with Gasteiger partial charge < -0.3 is 15.2 Å². The fourth-order valence-electron chi connectivity index (χ4n) is 4.99. The molecule has 3 aliphatic rings. The van der Waals surface area contributed by atoms with Crippen molar-refractivity contribution in [2.45, 2.75) is 37.8 Å². The van der Waals surface area contributed by atoms with Crippen LogP contribution < -0.4 is 27.3 Å². The average molecular weight is 495 g/mol. The summed E-state index contributed by atoms with van der Waals surface area (Å²) in [7, 11) is 0. The molecule has 2 saturated heterocycles. The maximum atomic E-state index is 13.3. The van der Waals surface area contributed by atoms with Crippen molar-refractivity contribution in [2.75, 3.05) is 32.0 Å². The number of benzene rings is 2. The van der Waals surface area contributed by atoms with Crippen LogP contribution in [0.25, 0.3) is 0 Å². The van der Waals surface area contributed by atoms with Gasteiger partial charge in [0.05, 0.1) is 30.0 Å². The Bertz CT molecular complexity index is 1190. The lowest BCUT2D eigenvalue weighted by Crippen LogP contribution is -2.65. The van der Waals surface area contributed by atoms with Crippen molar-refractivity contribution in [1.82, 2.24) is 15.1 Å². The molecule has 3 aliphatic heterocycles. The van der Waals surface area contributed by atoms with E-state index >= 15 is 0 Å². The molecule has 1 unspecified atom stereocenters. The summed E-state index contributed by atoms with van der Waals surface area (Å²) < 4.78 is 11.5. The van der Waals surface area contributed by atoms with E-state index < -0.39 is 29.6 Å². The van der Waals surface area contributed by atoms with E-state index in [1.54, 1.807) is 6.07 Å². The van der Waals surface area contributed by atoms with Gasteiger partial charge in [-0.3, -0.25) is 41.0 Å². The van der Waals surface area contributed by atoms with Crippen molar-refractivity contribution in [1.29, 1.82) is 0 Å². The largest absolute Gasteiger partial charge is 0.486 e. The molecule has 0 aromatic heterocycles. The Morgan fingerprint density at radius 2 is 1.72 bits per heavy atom. The molecule has 36 heavy (non-hydrogen) atoms. The number of ether oxygens (including phenoxy) is 2. The van der Waals surface area contributed by atoms with Crippen LogP contribution in [-0.4, -0.2) is 59.9 Å². The predicted molar refractivity (Wildman–Crippen MR) is 130 cm³/mol. The van der Waals surface area contributed by atoms with Crippen molar-refractivity contribution in [3.63, 3.8) is 0 Å². The molecule has 0 saturated carbocycles.